The Bertz CT molecular complexity index is 2230. The van der Waals surface area contributed by atoms with Gasteiger partial charge in [0, 0.05) is 37.2 Å². The second kappa shape index (κ2) is 15.8. The van der Waals surface area contributed by atoms with Gasteiger partial charge in [-0.2, -0.15) is 17.8 Å². The minimum Gasteiger partial charge on any atom is -0.340 e. The number of carbonyl (C=O) groups is 5. The van der Waals surface area contributed by atoms with Crippen LogP contribution in [0.4, 0.5) is 0 Å². The number of nitrogens with one attached hydrogen (secondary N) is 4. The van der Waals surface area contributed by atoms with E-state index in [1.807, 2.05) is 30.3 Å². The first-order valence-electron chi connectivity index (χ1n) is 21.9. The molecule has 1 aromatic heterocycles. The first kappa shape index (κ1) is 42.8. The standard InChI is InChI=1S/C45H60N8O7S/c1-6-32-24-45(32,41(58)50-61(59,60)51-22-13-14-23-51)49-38(55)34-25-44(42(4,5)43(44)20-15-21-43)28-52(34)40(57)35(29(2)3)47-39(56)36(30-16-9-7-10-17-30)48-37(54)31-26-46-53(27-31)33-18-11-8-12-19-33/h6,8,11-12,18-19,26-27,30,32,34-36H,1-2,7,9-10,13-17,20-25,28H2,3-5H3,(H,47,56)(H,48,54)(H,49,55)(H,50,58)/t32-,34+,35+,36+,44-,45-/m1/s1. The monoisotopic (exact) mass is 856 g/mol. The largest absolute Gasteiger partial charge is 0.340 e. The van der Waals surface area contributed by atoms with Crippen LogP contribution >= 0.6 is 0 Å². The average Bonchev–Trinajstić information content (AvgIpc) is 3.64. The zero-order valence-corrected chi connectivity index (χ0v) is 36.4. The number of nitrogens with zero attached hydrogens (tertiary/aromatic N) is 4. The molecule has 0 bridgehead atoms. The van der Waals surface area contributed by atoms with Crippen LogP contribution in [0, 0.1) is 28.1 Å². The van der Waals surface area contributed by atoms with Crippen LogP contribution < -0.4 is 20.7 Å². The van der Waals surface area contributed by atoms with Gasteiger partial charge in [-0.15, -0.1) is 6.58 Å². The van der Waals surface area contributed by atoms with E-state index in [9.17, 15) is 27.6 Å². The predicted octanol–water partition coefficient (Wildman–Crippen LogP) is 3.93. The van der Waals surface area contributed by atoms with Gasteiger partial charge in [-0.1, -0.05) is 70.4 Å². The van der Waals surface area contributed by atoms with E-state index in [1.165, 1.54) is 16.6 Å². The third kappa shape index (κ3) is 7.20. The highest BCUT2D eigenvalue weighted by molar-refractivity contribution is 7.87. The first-order valence-corrected chi connectivity index (χ1v) is 23.4. The summed E-state index contributed by atoms with van der Waals surface area (Å²) in [6, 6.07) is 6.20. The smallest absolute Gasteiger partial charge is 0.303 e. The quantitative estimate of drug-likeness (QED) is 0.206. The van der Waals surface area contributed by atoms with Gasteiger partial charge in [0.15, 0.2) is 0 Å². The second-order valence-electron chi connectivity index (χ2n) is 19.0. The van der Waals surface area contributed by atoms with Crippen LogP contribution in [0.3, 0.4) is 0 Å². The summed E-state index contributed by atoms with van der Waals surface area (Å²) < 4.78 is 31.4. The summed E-state index contributed by atoms with van der Waals surface area (Å²) in [4.78, 5) is 73.3. The van der Waals surface area contributed by atoms with Gasteiger partial charge in [0.25, 0.3) is 11.8 Å². The van der Waals surface area contributed by atoms with Gasteiger partial charge in [-0.05, 0) is 92.7 Å². The number of fused-ring (bicyclic) bond motifs is 1. The Balaban J connectivity index is 1.04. The van der Waals surface area contributed by atoms with Crippen molar-refractivity contribution in [2.45, 2.75) is 121 Å². The van der Waals surface area contributed by atoms with Crippen LogP contribution in [0.2, 0.25) is 0 Å². The average molecular weight is 857 g/mol. The number of hydrogen-bond acceptors (Lipinski definition) is 8. The number of benzene rings is 1. The third-order valence-corrected chi connectivity index (χ3v) is 17.1. The van der Waals surface area contributed by atoms with Crippen LogP contribution in [0.5, 0.6) is 0 Å². The highest BCUT2D eigenvalue weighted by atomic mass is 32.2. The zero-order chi connectivity index (χ0) is 43.5. The minimum absolute atomic E-state index is 0.0533. The molecule has 8 rings (SSSR count). The van der Waals surface area contributed by atoms with Crippen molar-refractivity contribution in [3.05, 3.63) is 73.1 Å². The van der Waals surface area contributed by atoms with E-state index >= 15 is 4.79 Å². The maximum atomic E-state index is 15.0. The van der Waals surface area contributed by atoms with Gasteiger partial charge in [-0.25, -0.2) is 9.40 Å². The summed E-state index contributed by atoms with van der Waals surface area (Å²) in [5.41, 5.74) is -0.731. The summed E-state index contributed by atoms with van der Waals surface area (Å²) in [6.45, 7) is 14.9. The number of rotatable bonds is 14. The molecular weight excluding hydrogens is 797 g/mol. The normalized spacial score (nSPS) is 28.6. The fourth-order valence-corrected chi connectivity index (χ4v) is 12.9. The molecule has 6 atom stereocenters. The molecule has 3 heterocycles. The third-order valence-electron chi connectivity index (χ3n) is 15.7. The van der Waals surface area contributed by atoms with Gasteiger partial charge < -0.3 is 20.9 Å². The van der Waals surface area contributed by atoms with Crippen molar-refractivity contribution in [1.82, 2.24) is 39.7 Å². The van der Waals surface area contributed by atoms with Gasteiger partial charge in [0.1, 0.15) is 23.7 Å². The fourth-order valence-electron chi connectivity index (χ4n) is 11.6. The number of carbonyl (C=O) groups excluding carboxylic acids is 5. The minimum atomic E-state index is -4.13. The van der Waals surface area contributed by atoms with E-state index in [0.717, 1.165) is 57.1 Å². The van der Waals surface area contributed by atoms with Crippen LogP contribution in [-0.2, 0) is 29.4 Å². The number of hydrogen-bond donors (Lipinski definition) is 4. The number of para-hydroxylation sites is 1. The van der Waals surface area contributed by atoms with Crippen LogP contribution in [-0.4, -0.2) is 100 Å². The van der Waals surface area contributed by atoms with E-state index in [2.05, 4.69) is 52.8 Å². The molecule has 2 aliphatic heterocycles. The summed E-state index contributed by atoms with van der Waals surface area (Å²) in [7, 11) is -4.13. The van der Waals surface area contributed by atoms with E-state index in [1.54, 1.807) is 22.7 Å². The Morgan fingerprint density at radius 3 is 2.20 bits per heavy atom. The molecule has 4 aliphatic carbocycles. The van der Waals surface area contributed by atoms with Crippen molar-refractivity contribution in [3.8, 4) is 5.69 Å². The molecule has 1 aromatic carbocycles. The van der Waals surface area contributed by atoms with E-state index in [-0.39, 0.29) is 40.7 Å². The zero-order valence-electron chi connectivity index (χ0n) is 35.6. The van der Waals surface area contributed by atoms with Crippen molar-refractivity contribution in [1.29, 1.82) is 0 Å². The molecule has 2 spiro atoms. The lowest BCUT2D eigenvalue weighted by Gasteiger charge is -2.33. The molecule has 0 radical (unpaired) electrons. The van der Waals surface area contributed by atoms with Crippen molar-refractivity contribution >= 4 is 39.7 Å². The summed E-state index contributed by atoms with van der Waals surface area (Å²) in [5.74, 6) is -3.56. The summed E-state index contributed by atoms with van der Waals surface area (Å²) in [6.07, 6.45) is 13.8. The van der Waals surface area contributed by atoms with E-state index < -0.39 is 69.3 Å². The maximum Gasteiger partial charge on any atom is 0.303 e. The van der Waals surface area contributed by atoms with Gasteiger partial charge >= 0.3 is 10.2 Å². The lowest BCUT2D eigenvalue weighted by atomic mass is 9.73. The van der Waals surface area contributed by atoms with Crippen molar-refractivity contribution in [2.24, 2.45) is 28.1 Å². The highest BCUT2D eigenvalue weighted by Gasteiger charge is 2.85. The molecule has 0 unspecified atom stereocenters. The Hall–Kier alpha value is -4.83. The molecule has 4 N–H and O–H groups in total. The lowest BCUT2D eigenvalue weighted by molar-refractivity contribution is -0.142. The Morgan fingerprint density at radius 2 is 1.61 bits per heavy atom. The molecule has 4 saturated carbocycles. The Kier molecular flexibility index (Phi) is 11.1. The second-order valence-corrected chi connectivity index (χ2v) is 20.7. The maximum absolute atomic E-state index is 15.0. The first-order chi connectivity index (χ1) is 29.0. The number of amides is 5. The molecule has 6 fully saturated rings. The van der Waals surface area contributed by atoms with E-state index in [0.29, 0.717) is 37.9 Å². The van der Waals surface area contributed by atoms with Crippen LogP contribution in [0.25, 0.3) is 5.69 Å². The summed E-state index contributed by atoms with van der Waals surface area (Å²) in [5, 5.41) is 13.2. The van der Waals surface area contributed by atoms with Crippen molar-refractivity contribution in [3.63, 3.8) is 0 Å². The molecule has 2 aromatic rings. The van der Waals surface area contributed by atoms with E-state index in [4.69, 9.17) is 0 Å². The fraction of sp³-hybridized carbons (Fsp3) is 0.600. The van der Waals surface area contributed by atoms with Gasteiger partial charge in [0.05, 0.1) is 17.4 Å². The van der Waals surface area contributed by atoms with Crippen LogP contribution in [0.15, 0.2) is 67.5 Å². The Morgan fingerprint density at radius 1 is 0.918 bits per heavy atom. The number of aromatic nitrogens is 2. The SMILES string of the molecule is C=C[C@@H]1C[C@]1(NC(=O)[C@@H]1C[C@@]2(CN1C(=O)[C@@H](NC(=O)[C@@H](NC(=O)c1cnn(-c3ccccc3)c1)C1CCCCC1)C(=C)C)C(C)(C)C21CCC1)C(=O)NS(=O)(=O)N1CCCC1. The molecule has 61 heavy (non-hydrogen) atoms. The topological polar surface area (TPSA) is 192 Å². The summed E-state index contributed by atoms with van der Waals surface area (Å²) >= 11 is 0. The molecular formula is C45H60N8O7S. The van der Waals surface area contributed by atoms with Gasteiger partial charge in [0.2, 0.25) is 17.7 Å². The van der Waals surface area contributed by atoms with Crippen molar-refractivity contribution < 1.29 is 32.4 Å². The van der Waals surface area contributed by atoms with Crippen molar-refractivity contribution in [2.75, 3.05) is 19.6 Å². The number of likely N-dealkylation sites (tertiary alicyclic amines) is 1. The molecule has 6 aliphatic rings. The molecule has 16 heteroatoms. The molecule has 2 saturated heterocycles. The highest BCUT2D eigenvalue weighted by Crippen LogP contribution is 2.88. The molecule has 15 nitrogen and oxygen atoms in total. The molecule has 328 valence electrons. The molecule has 5 amide bonds. The van der Waals surface area contributed by atoms with Crippen LogP contribution in [0.1, 0.15) is 108 Å². The predicted molar refractivity (Wildman–Crippen MR) is 228 cm³/mol. The Labute approximate surface area is 358 Å². The lowest BCUT2D eigenvalue weighted by Crippen LogP contribution is -2.60. The van der Waals surface area contributed by atoms with Gasteiger partial charge in [-0.3, -0.25) is 24.0 Å².